The van der Waals surface area contributed by atoms with E-state index in [1.807, 2.05) is 24.3 Å². The van der Waals surface area contributed by atoms with E-state index in [0.29, 0.717) is 6.42 Å². The first kappa shape index (κ1) is 14.3. The van der Waals surface area contributed by atoms with Crippen molar-refractivity contribution in [2.45, 2.75) is 25.8 Å². The number of hydrogen-bond donors (Lipinski definition) is 2. The Kier molecular flexibility index (Phi) is 4.95. The Balaban J connectivity index is 2.24. The van der Waals surface area contributed by atoms with Crippen LogP contribution in [-0.4, -0.2) is 34.3 Å². The monoisotopic (exact) mass is 276 g/mol. The molecule has 0 amide bonds. The normalized spacial score (nSPS) is 12.2. The average molecular weight is 276 g/mol. The lowest BCUT2D eigenvalue weighted by Crippen LogP contribution is -2.18. The lowest BCUT2D eigenvalue weighted by Gasteiger charge is -2.08. The van der Waals surface area contributed by atoms with Crippen molar-refractivity contribution in [3.8, 4) is 0 Å². The largest absolute Gasteiger partial charge is 0.409 e. The van der Waals surface area contributed by atoms with Crippen LogP contribution in [0.25, 0.3) is 11.0 Å². The molecule has 1 aromatic carbocycles. The highest BCUT2D eigenvalue weighted by molar-refractivity contribution is 5.83. The molecular weight excluding hydrogens is 256 g/mol. The Labute approximate surface area is 117 Å². The van der Waals surface area contributed by atoms with Gasteiger partial charge in [-0.25, -0.2) is 4.98 Å². The molecule has 0 spiro atoms. The first-order valence-electron chi connectivity index (χ1n) is 6.65. The van der Waals surface area contributed by atoms with E-state index >= 15 is 0 Å². The third-order valence-corrected chi connectivity index (χ3v) is 3.18. The SMILES string of the molecule is COCCCCn1c(C/C(N)=N/O)nc2ccccc21. The van der Waals surface area contributed by atoms with Gasteiger partial charge in [0.25, 0.3) is 0 Å². The number of nitrogens with zero attached hydrogens (tertiary/aromatic N) is 3. The highest BCUT2D eigenvalue weighted by Gasteiger charge is 2.11. The summed E-state index contributed by atoms with van der Waals surface area (Å²) in [6.07, 6.45) is 2.33. The quantitative estimate of drug-likeness (QED) is 0.265. The number of methoxy groups -OCH3 is 1. The number of imidazole rings is 1. The number of ether oxygens (including phenoxy) is 1. The van der Waals surface area contributed by atoms with Gasteiger partial charge in [-0.05, 0) is 25.0 Å². The third kappa shape index (κ3) is 3.27. The molecular formula is C14H20N4O2. The number of rotatable bonds is 7. The lowest BCUT2D eigenvalue weighted by atomic mass is 10.3. The number of fused-ring (bicyclic) bond motifs is 1. The Morgan fingerprint density at radius 1 is 1.40 bits per heavy atom. The van der Waals surface area contributed by atoms with Crippen molar-refractivity contribution in [2.24, 2.45) is 10.9 Å². The minimum atomic E-state index is 0.165. The summed E-state index contributed by atoms with van der Waals surface area (Å²) in [5.41, 5.74) is 7.60. The Bertz CT molecular complexity index is 592. The zero-order valence-corrected chi connectivity index (χ0v) is 11.6. The molecule has 3 N–H and O–H groups in total. The van der Waals surface area contributed by atoms with Gasteiger partial charge in [0.05, 0.1) is 17.5 Å². The van der Waals surface area contributed by atoms with E-state index in [9.17, 15) is 0 Å². The number of para-hydroxylation sites is 2. The number of aromatic nitrogens is 2. The molecule has 0 fully saturated rings. The van der Waals surface area contributed by atoms with Crippen molar-refractivity contribution in [1.29, 1.82) is 0 Å². The van der Waals surface area contributed by atoms with Gasteiger partial charge >= 0.3 is 0 Å². The fraction of sp³-hybridized carbons (Fsp3) is 0.429. The molecule has 108 valence electrons. The van der Waals surface area contributed by atoms with Gasteiger partial charge in [-0.2, -0.15) is 0 Å². The molecule has 1 aromatic heterocycles. The van der Waals surface area contributed by atoms with Crippen molar-refractivity contribution in [1.82, 2.24) is 9.55 Å². The molecule has 0 saturated carbocycles. The maximum absolute atomic E-state index is 8.72. The second kappa shape index (κ2) is 6.91. The van der Waals surface area contributed by atoms with Gasteiger partial charge in [-0.1, -0.05) is 17.3 Å². The number of amidine groups is 1. The molecule has 2 rings (SSSR count). The summed E-state index contributed by atoms with van der Waals surface area (Å²) in [6, 6.07) is 7.95. The molecule has 0 radical (unpaired) electrons. The number of oxime groups is 1. The second-order valence-corrected chi connectivity index (χ2v) is 4.64. The van der Waals surface area contributed by atoms with Crippen molar-refractivity contribution in [3.05, 3.63) is 30.1 Å². The van der Waals surface area contributed by atoms with Crippen LogP contribution in [0.5, 0.6) is 0 Å². The van der Waals surface area contributed by atoms with Crippen molar-refractivity contribution >= 4 is 16.9 Å². The van der Waals surface area contributed by atoms with Gasteiger partial charge in [0.2, 0.25) is 0 Å². The number of aryl methyl sites for hydroxylation is 1. The van der Waals surface area contributed by atoms with Crippen LogP contribution in [0.2, 0.25) is 0 Å². The Morgan fingerprint density at radius 3 is 2.95 bits per heavy atom. The van der Waals surface area contributed by atoms with Crippen LogP contribution < -0.4 is 5.73 Å². The van der Waals surface area contributed by atoms with E-state index < -0.39 is 0 Å². The van der Waals surface area contributed by atoms with E-state index in [4.69, 9.17) is 15.7 Å². The van der Waals surface area contributed by atoms with Crippen LogP contribution in [0.1, 0.15) is 18.7 Å². The maximum atomic E-state index is 8.72. The molecule has 0 saturated heterocycles. The fourth-order valence-corrected chi connectivity index (χ4v) is 2.22. The van der Waals surface area contributed by atoms with Crippen molar-refractivity contribution < 1.29 is 9.94 Å². The van der Waals surface area contributed by atoms with Crippen LogP contribution in [0, 0.1) is 0 Å². The smallest absolute Gasteiger partial charge is 0.146 e. The number of hydrogen-bond acceptors (Lipinski definition) is 4. The Hall–Kier alpha value is -2.08. The standard InChI is InChI=1S/C14H20N4O2/c1-20-9-5-4-8-18-12-7-3-2-6-11(12)16-14(18)10-13(15)17-19/h2-3,6-7,19H,4-5,8-10H2,1H3,(H2,15,17). The van der Waals surface area contributed by atoms with Crippen LogP contribution in [-0.2, 0) is 17.7 Å². The molecule has 1 heterocycles. The predicted molar refractivity (Wildman–Crippen MR) is 78.0 cm³/mol. The summed E-state index contributed by atoms with van der Waals surface area (Å²) < 4.78 is 7.19. The summed E-state index contributed by atoms with van der Waals surface area (Å²) in [6.45, 7) is 1.60. The lowest BCUT2D eigenvalue weighted by molar-refractivity contribution is 0.191. The fourth-order valence-electron chi connectivity index (χ4n) is 2.22. The van der Waals surface area contributed by atoms with Crippen molar-refractivity contribution in [3.63, 3.8) is 0 Å². The highest BCUT2D eigenvalue weighted by atomic mass is 16.5. The summed E-state index contributed by atoms with van der Waals surface area (Å²) in [7, 11) is 1.70. The molecule has 0 unspecified atom stereocenters. The minimum Gasteiger partial charge on any atom is -0.409 e. The summed E-state index contributed by atoms with van der Waals surface area (Å²) in [4.78, 5) is 4.56. The van der Waals surface area contributed by atoms with E-state index in [1.54, 1.807) is 7.11 Å². The molecule has 6 heteroatoms. The first-order chi connectivity index (χ1) is 9.76. The van der Waals surface area contributed by atoms with Gasteiger partial charge < -0.3 is 20.2 Å². The van der Waals surface area contributed by atoms with Crippen molar-refractivity contribution in [2.75, 3.05) is 13.7 Å². The highest BCUT2D eigenvalue weighted by Crippen LogP contribution is 2.17. The van der Waals surface area contributed by atoms with E-state index in [0.717, 1.165) is 42.9 Å². The zero-order valence-electron chi connectivity index (χ0n) is 11.6. The molecule has 0 aliphatic heterocycles. The predicted octanol–water partition coefficient (Wildman–Crippen LogP) is 1.75. The van der Waals surface area contributed by atoms with Crippen LogP contribution >= 0.6 is 0 Å². The number of nitrogens with two attached hydrogens (primary N) is 1. The molecule has 0 aliphatic rings. The topological polar surface area (TPSA) is 85.7 Å². The maximum Gasteiger partial charge on any atom is 0.146 e. The van der Waals surface area contributed by atoms with Gasteiger partial charge in [0.1, 0.15) is 11.7 Å². The molecule has 2 aromatic rings. The van der Waals surface area contributed by atoms with E-state index in [1.165, 1.54) is 0 Å². The van der Waals surface area contributed by atoms with Gasteiger partial charge in [0.15, 0.2) is 0 Å². The molecule has 6 nitrogen and oxygen atoms in total. The van der Waals surface area contributed by atoms with Crippen LogP contribution in [0.3, 0.4) is 0 Å². The summed E-state index contributed by atoms with van der Waals surface area (Å²) in [5.74, 6) is 0.984. The van der Waals surface area contributed by atoms with Crippen LogP contribution in [0.4, 0.5) is 0 Å². The van der Waals surface area contributed by atoms with E-state index in [-0.39, 0.29) is 5.84 Å². The Morgan fingerprint density at radius 2 is 2.20 bits per heavy atom. The average Bonchev–Trinajstić information content (AvgIpc) is 2.81. The van der Waals surface area contributed by atoms with Gasteiger partial charge in [-0.15, -0.1) is 0 Å². The summed E-state index contributed by atoms with van der Waals surface area (Å²) >= 11 is 0. The number of unbranched alkanes of at least 4 members (excludes halogenated alkanes) is 1. The first-order valence-corrected chi connectivity index (χ1v) is 6.65. The zero-order chi connectivity index (χ0) is 14.4. The van der Waals surface area contributed by atoms with Gasteiger partial charge in [-0.3, -0.25) is 0 Å². The molecule has 0 bridgehead atoms. The van der Waals surface area contributed by atoms with E-state index in [2.05, 4.69) is 14.7 Å². The molecule has 20 heavy (non-hydrogen) atoms. The number of benzene rings is 1. The second-order valence-electron chi connectivity index (χ2n) is 4.64. The van der Waals surface area contributed by atoms with Crippen LogP contribution in [0.15, 0.2) is 29.4 Å². The molecule has 0 aliphatic carbocycles. The van der Waals surface area contributed by atoms with Gasteiger partial charge in [0, 0.05) is 20.3 Å². The summed E-state index contributed by atoms with van der Waals surface area (Å²) in [5, 5.41) is 11.7. The minimum absolute atomic E-state index is 0.165. The molecule has 0 atom stereocenters. The third-order valence-electron chi connectivity index (χ3n) is 3.18.